The fraction of sp³-hybridized carbons (Fsp3) is 0.591. The molecule has 1 heteroatoms. The monoisotopic (exact) mass is 306 g/mol. The van der Waals surface area contributed by atoms with Crippen LogP contribution in [0.2, 0.25) is 0 Å². The van der Waals surface area contributed by atoms with Crippen LogP contribution in [0.15, 0.2) is 29.8 Å². The zero-order valence-electron chi connectivity index (χ0n) is 13.9. The highest BCUT2D eigenvalue weighted by Gasteiger charge is 2.50. The second-order valence-electron chi connectivity index (χ2n) is 8.57. The smallest absolute Gasteiger partial charge is 0.163 e. The first-order chi connectivity index (χ1) is 11.2. The van der Waals surface area contributed by atoms with Crippen LogP contribution in [0.1, 0.15) is 85.2 Å². The summed E-state index contributed by atoms with van der Waals surface area (Å²) < 4.78 is 0. The van der Waals surface area contributed by atoms with E-state index in [0.29, 0.717) is 11.7 Å². The van der Waals surface area contributed by atoms with Crippen LogP contribution in [-0.4, -0.2) is 5.78 Å². The highest BCUT2D eigenvalue weighted by molar-refractivity contribution is 5.99. The van der Waals surface area contributed by atoms with Gasteiger partial charge >= 0.3 is 0 Å². The molecule has 0 saturated heterocycles. The van der Waals surface area contributed by atoms with E-state index in [9.17, 15) is 4.79 Å². The van der Waals surface area contributed by atoms with Gasteiger partial charge in [0.15, 0.2) is 5.78 Å². The molecule has 0 N–H and O–H groups in total. The molecule has 0 heterocycles. The number of ketones is 1. The van der Waals surface area contributed by atoms with E-state index in [1.807, 2.05) is 0 Å². The molecule has 1 aromatic rings. The second-order valence-corrected chi connectivity index (χ2v) is 8.57. The van der Waals surface area contributed by atoms with Crippen molar-refractivity contribution >= 4 is 5.78 Å². The van der Waals surface area contributed by atoms with E-state index in [-0.39, 0.29) is 5.41 Å². The van der Waals surface area contributed by atoms with E-state index < -0.39 is 0 Å². The van der Waals surface area contributed by atoms with Gasteiger partial charge in [0, 0.05) is 12.0 Å². The Morgan fingerprint density at radius 1 is 1.00 bits per heavy atom. The molecule has 2 atom stereocenters. The van der Waals surface area contributed by atoms with E-state index in [1.54, 1.807) is 5.57 Å². The standard InChI is InChI=1S/C22H26O/c23-21-14-22(12-15-6-9-19(22)10-15)13-18-8-7-17(11-20(18)21)16-4-2-1-3-5-16/h6-8,11,16,19H,1-5,9-10,12-14H2. The number of carbonyl (C=O) groups excluding carboxylic acids is 1. The molecule has 1 nitrogen and oxygen atoms in total. The Bertz CT molecular complexity index is 692. The van der Waals surface area contributed by atoms with Gasteiger partial charge in [-0.15, -0.1) is 0 Å². The second kappa shape index (κ2) is 5.06. The van der Waals surface area contributed by atoms with Crippen molar-refractivity contribution < 1.29 is 4.79 Å². The molecule has 2 fully saturated rings. The van der Waals surface area contributed by atoms with Crippen molar-refractivity contribution in [3.63, 3.8) is 0 Å². The summed E-state index contributed by atoms with van der Waals surface area (Å²) in [5, 5.41) is 0. The Labute approximate surface area is 139 Å². The number of fused-ring (bicyclic) bond motifs is 4. The van der Waals surface area contributed by atoms with Crippen LogP contribution < -0.4 is 0 Å². The molecule has 1 spiro atoms. The summed E-state index contributed by atoms with van der Waals surface area (Å²) in [7, 11) is 0. The summed E-state index contributed by atoms with van der Waals surface area (Å²) in [5.74, 6) is 1.87. The SMILES string of the molecule is O=C1CC2(CC3=CCC2C3)Cc2ccc(C3CCCCC3)cc21. The lowest BCUT2D eigenvalue weighted by molar-refractivity contribution is 0.0823. The third-order valence-corrected chi connectivity index (χ3v) is 7.21. The Balaban J connectivity index is 1.47. The minimum absolute atomic E-state index is 0.278. The molecule has 0 amide bonds. The molecule has 0 aromatic heterocycles. The molecule has 23 heavy (non-hydrogen) atoms. The molecule has 2 bridgehead atoms. The van der Waals surface area contributed by atoms with Gasteiger partial charge in [0.25, 0.3) is 0 Å². The molecular weight excluding hydrogens is 280 g/mol. The van der Waals surface area contributed by atoms with Gasteiger partial charge in [-0.3, -0.25) is 4.79 Å². The van der Waals surface area contributed by atoms with Crippen LogP contribution in [-0.2, 0) is 6.42 Å². The molecule has 5 rings (SSSR count). The van der Waals surface area contributed by atoms with Gasteiger partial charge in [0.2, 0.25) is 0 Å². The molecule has 0 aliphatic heterocycles. The Morgan fingerprint density at radius 2 is 1.87 bits per heavy atom. The van der Waals surface area contributed by atoms with Crippen LogP contribution in [0, 0.1) is 11.3 Å². The largest absolute Gasteiger partial charge is 0.294 e. The van der Waals surface area contributed by atoms with Crippen LogP contribution in [0.5, 0.6) is 0 Å². The van der Waals surface area contributed by atoms with Crippen molar-refractivity contribution in [3.05, 3.63) is 46.5 Å². The number of benzene rings is 1. The number of Topliss-reactive ketones (excluding diaryl/α,β-unsaturated/α-hetero) is 1. The molecule has 0 radical (unpaired) electrons. The lowest BCUT2D eigenvalue weighted by atomic mass is 9.63. The number of carbonyl (C=O) groups is 1. The molecule has 4 aliphatic carbocycles. The third kappa shape index (κ3) is 2.16. The van der Waals surface area contributed by atoms with Crippen molar-refractivity contribution in [1.82, 2.24) is 0 Å². The Morgan fingerprint density at radius 3 is 2.61 bits per heavy atom. The average Bonchev–Trinajstić information content (AvgIpc) is 3.16. The summed E-state index contributed by atoms with van der Waals surface area (Å²) in [4.78, 5) is 12.9. The maximum atomic E-state index is 12.9. The van der Waals surface area contributed by atoms with Gasteiger partial charge in [-0.1, -0.05) is 43.0 Å². The van der Waals surface area contributed by atoms with E-state index in [1.165, 1.54) is 62.5 Å². The predicted octanol–water partition coefficient (Wildman–Crippen LogP) is 5.59. The summed E-state index contributed by atoms with van der Waals surface area (Å²) in [6.07, 6.45) is 14.8. The third-order valence-electron chi connectivity index (χ3n) is 7.21. The summed E-state index contributed by atoms with van der Waals surface area (Å²) in [6.45, 7) is 0. The number of allylic oxidation sites excluding steroid dienone is 2. The summed E-state index contributed by atoms with van der Waals surface area (Å²) >= 11 is 0. The van der Waals surface area contributed by atoms with Gasteiger partial charge in [-0.05, 0) is 73.0 Å². The van der Waals surface area contributed by atoms with E-state index in [0.717, 1.165) is 24.3 Å². The maximum absolute atomic E-state index is 12.9. The predicted molar refractivity (Wildman–Crippen MR) is 92.8 cm³/mol. The minimum Gasteiger partial charge on any atom is -0.294 e. The summed E-state index contributed by atoms with van der Waals surface area (Å²) in [6, 6.07) is 6.92. The molecule has 2 unspecified atom stereocenters. The van der Waals surface area contributed by atoms with Crippen LogP contribution in [0.4, 0.5) is 0 Å². The molecule has 4 aliphatic rings. The molecule has 1 aromatic carbocycles. The zero-order valence-corrected chi connectivity index (χ0v) is 13.9. The van der Waals surface area contributed by atoms with Crippen molar-refractivity contribution in [2.45, 2.75) is 70.1 Å². The van der Waals surface area contributed by atoms with Gasteiger partial charge in [0.05, 0.1) is 0 Å². The number of rotatable bonds is 1. The Kier molecular flexibility index (Phi) is 3.08. The molecular formula is C22H26O. The number of hydrogen-bond donors (Lipinski definition) is 0. The fourth-order valence-corrected chi connectivity index (χ4v) is 5.97. The normalized spacial score (nSPS) is 33.1. The molecule has 120 valence electrons. The van der Waals surface area contributed by atoms with Crippen LogP contribution in [0.3, 0.4) is 0 Å². The zero-order chi connectivity index (χ0) is 15.4. The lowest BCUT2D eigenvalue weighted by Gasteiger charge is -2.40. The van der Waals surface area contributed by atoms with Gasteiger partial charge in [-0.2, -0.15) is 0 Å². The van der Waals surface area contributed by atoms with E-state index in [2.05, 4.69) is 24.3 Å². The van der Waals surface area contributed by atoms with Crippen molar-refractivity contribution in [2.75, 3.05) is 0 Å². The van der Waals surface area contributed by atoms with Gasteiger partial charge in [-0.25, -0.2) is 0 Å². The lowest BCUT2D eigenvalue weighted by Crippen LogP contribution is -2.36. The fourth-order valence-electron chi connectivity index (χ4n) is 5.97. The number of hydrogen-bond acceptors (Lipinski definition) is 1. The first kappa shape index (κ1) is 14.0. The highest BCUT2D eigenvalue weighted by Crippen LogP contribution is 2.58. The van der Waals surface area contributed by atoms with Crippen molar-refractivity contribution in [1.29, 1.82) is 0 Å². The maximum Gasteiger partial charge on any atom is 0.163 e. The first-order valence-electron chi connectivity index (χ1n) is 9.57. The van der Waals surface area contributed by atoms with Crippen LogP contribution >= 0.6 is 0 Å². The van der Waals surface area contributed by atoms with Crippen LogP contribution in [0.25, 0.3) is 0 Å². The Hall–Kier alpha value is -1.37. The minimum atomic E-state index is 0.278. The van der Waals surface area contributed by atoms with Gasteiger partial charge in [0.1, 0.15) is 0 Å². The first-order valence-corrected chi connectivity index (χ1v) is 9.57. The van der Waals surface area contributed by atoms with Gasteiger partial charge < -0.3 is 0 Å². The van der Waals surface area contributed by atoms with Crippen molar-refractivity contribution in [2.24, 2.45) is 11.3 Å². The van der Waals surface area contributed by atoms with Crippen molar-refractivity contribution in [3.8, 4) is 0 Å². The quantitative estimate of drug-likeness (QED) is 0.618. The van der Waals surface area contributed by atoms with E-state index in [4.69, 9.17) is 0 Å². The molecule has 2 saturated carbocycles. The topological polar surface area (TPSA) is 17.1 Å². The summed E-state index contributed by atoms with van der Waals surface area (Å²) in [5.41, 5.74) is 5.75. The highest BCUT2D eigenvalue weighted by atomic mass is 16.1. The average molecular weight is 306 g/mol. The van der Waals surface area contributed by atoms with E-state index >= 15 is 0 Å².